The monoisotopic (exact) mass is 420 g/mol. The van der Waals surface area contributed by atoms with E-state index in [0.29, 0.717) is 23.6 Å². The van der Waals surface area contributed by atoms with Crippen LogP contribution in [0.3, 0.4) is 0 Å². The second kappa shape index (κ2) is 8.83. The number of nitro benzene ring substituents is 1. The smallest absolute Gasteiger partial charge is 0.341 e. The molecule has 0 amide bonds. The van der Waals surface area contributed by atoms with Gasteiger partial charge in [0, 0.05) is 29.7 Å². The average Bonchev–Trinajstić information content (AvgIpc) is 3.25. The number of hydrogen-bond acceptors (Lipinski definition) is 6. The van der Waals surface area contributed by atoms with E-state index in [-0.39, 0.29) is 12.3 Å². The van der Waals surface area contributed by atoms with Crippen LogP contribution in [-0.4, -0.2) is 27.6 Å². The van der Waals surface area contributed by atoms with Gasteiger partial charge in [0.25, 0.3) is 5.69 Å². The summed E-state index contributed by atoms with van der Waals surface area (Å²) < 4.78 is 11.0. The van der Waals surface area contributed by atoms with Crippen molar-refractivity contribution in [2.75, 3.05) is 6.61 Å². The number of hydrogen-bond donors (Lipinski definition) is 1. The number of carboxylic acids is 1. The van der Waals surface area contributed by atoms with Crippen LogP contribution in [0, 0.1) is 10.1 Å². The van der Waals surface area contributed by atoms with Crippen LogP contribution in [-0.2, 0) is 17.6 Å². The molecule has 0 radical (unpaired) electrons. The molecule has 1 N–H and O–H groups in total. The number of benzene rings is 2. The molecule has 1 heterocycles. The second-order valence-electron chi connectivity index (χ2n) is 7.20. The fourth-order valence-electron chi connectivity index (χ4n) is 3.71. The molecule has 0 bridgehead atoms. The topological polar surface area (TPSA) is 116 Å². The first-order valence-electron chi connectivity index (χ1n) is 9.86. The predicted molar refractivity (Wildman–Crippen MR) is 113 cm³/mol. The molecule has 8 nitrogen and oxygen atoms in total. The number of nitrogens with zero attached hydrogens (tertiary/aromatic N) is 2. The molecule has 31 heavy (non-hydrogen) atoms. The molecule has 2 aromatic carbocycles. The summed E-state index contributed by atoms with van der Waals surface area (Å²) >= 11 is 0. The normalized spacial score (nSPS) is 14.3. The summed E-state index contributed by atoms with van der Waals surface area (Å²) in [7, 11) is 0. The average molecular weight is 420 g/mol. The molecule has 0 spiro atoms. The van der Waals surface area contributed by atoms with E-state index in [1.54, 1.807) is 24.5 Å². The van der Waals surface area contributed by atoms with Gasteiger partial charge in [-0.3, -0.25) is 10.1 Å². The van der Waals surface area contributed by atoms with Crippen LogP contribution < -0.4 is 4.74 Å². The Morgan fingerprint density at radius 2 is 2.10 bits per heavy atom. The molecular formula is C23H20N2O6. The number of aliphatic carboxylic acids is 1. The Kier molecular flexibility index (Phi) is 5.79. The molecule has 0 aliphatic heterocycles. The van der Waals surface area contributed by atoms with Crippen LogP contribution in [0.25, 0.3) is 17.0 Å². The van der Waals surface area contributed by atoms with E-state index in [0.717, 1.165) is 41.7 Å². The van der Waals surface area contributed by atoms with Crippen molar-refractivity contribution < 1.29 is 24.0 Å². The predicted octanol–water partition coefficient (Wildman–Crippen LogP) is 4.68. The van der Waals surface area contributed by atoms with Gasteiger partial charge in [0.05, 0.1) is 10.6 Å². The Balaban J connectivity index is 1.53. The van der Waals surface area contributed by atoms with Gasteiger partial charge in [-0.25, -0.2) is 9.78 Å². The second-order valence-corrected chi connectivity index (χ2v) is 7.20. The lowest BCUT2D eigenvalue weighted by atomic mass is 9.86. The van der Waals surface area contributed by atoms with Crippen LogP contribution in [0.4, 0.5) is 5.69 Å². The van der Waals surface area contributed by atoms with Crippen molar-refractivity contribution in [2.45, 2.75) is 25.7 Å². The van der Waals surface area contributed by atoms with Gasteiger partial charge in [0.1, 0.15) is 12.0 Å². The summed E-state index contributed by atoms with van der Waals surface area (Å²) in [5.41, 5.74) is 4.51. The molecule has 0 atom stereocenters. The lowest BCUT2D eigenvalue weighted by Gasteiger charge is -2.21. The molecule has 0 fully saturated rings. The summed E-state index contributed by atoms with van der Waals surface area (Å²) in [5, 5.41) is 19.9. The number of rotatable bonds is 7. The van der Waals surface area contributed by atoms with E-state index in [4.69, 9.17) is 14.3 Å². The number of carbonyl (C=O) groups is 1. The summed E-state index contributed by atoms with van der Waals surface area (Å²) in [6, 6.07) is 11.9. The summed E-state index contributed by atoms with van der Waals surface area (Å²) in [6.45, 7) is -0.366. The Bertz CT molecular complexity index is 1160. The largest absolute Gasteiger partial charge is 0.482 e. The Morgan fingerprint density at radius 1 is 1.26 bits per heavy atom. The minimum atomic E-state index is -1.00. The molecule has 1 aliphatic rings. The summed E-state index contributed by atoms with van der Waals surface area (Å²) in [6.07, 6.45) is 6.89. The van der Waals surface area contributed by atoms with Gasteiger partial charge >= 0.3 is 5.97 Å². The molecule has 4 rings (SSSR count). The van der Waals surface area contributed by atoms with Gasteiger partial charge < -0.3 is 14.3 Å². The fourth-order valence-corrected chi connectivity index (χ4v) is 3.71. The molecule has 1 aliphatic carbocycles. The molecule has 158 valence electrons. The molecule has 0 unspecified atom stereocenters. The number of fused-ring (bicyclic) bond motifs is 1. The van der Waals surface area contributed by atoms with Crippen molar-refractivity contribution in [1.29, 1.82) is 0 Å². The zero-order chi connectivity index (χ0) is 21.8. The zero-order valence-electron chi connectivity index (χ0n) is 16.6. The Labute approximate surface area is 178 Å². The number of oxazole rings is 1. The van der Waals surface area contributed by atoms with E-state index < -0.39 is 10.9 Å². The van der Waals surface area contributed by atoms with E-state index in [2.05, 4.69) is 11.1 Å². The fraction of sp³-hybridized carbons (Fsp3) is 0.217. The van der Waals surface area contributed by atoms with Gasteiger partial charge in [-0.1, -0.05) is 24.3 Å². The maximum Gasteiger partial charge on any atom is 0.341 e. The van der Waals surface area contributed by atoms with Crippen LogP contribution in [0.5, 0.6) is 5.75 Å². The number of ether oxygens (including phenoxy) is 1. The van der Waals surface area contributed by atoms with Crippen molar-refractivity contribution in [3.63, 3.8) is 0 Å². The van der Waals surface area contributed by atoms with Gasteiger partial charge in [0.2, 0.25) is 5.89 Å². The van der Waals surface area contributed by atoms with Gasteiger partial charge in [0.15, 0.2) is 6.61 Å². The first-order valence-corrected chi connectivity index (χ1v) is 9.86. The number of carboxylic acid groups (broad SMARTS) is 1. The van der Waals surface area contributed by atoms with Gasteiger partial charge in [-0.05, 0) is 42.5 Å². The first-order chi connectivity index (χ1) is 15.0. The van der Waals surface area contributed by atoms with Crippen molar-refractivity contribution >= 4 is 17.2 Å². The Morgan fingerprint density at radius 3 is 2.90 bits per heavy atom. The van der Waals surface area contributed by atoms with Gasteiger partial charge in [-0.2, -0.15) is 0 Å². The quantitative estimate of drug-likeness (QED) is 0.436. The number of nitro groups is 1. The molecule has 8 heteroatoms. The lowest BCUT2D eigenvalue weighted by molar-refractivity contribution is -0.384. The minimum absolute atomic E-state index is 0.0147. The molecule has 1 aromatic heterocycles. The van der Waals surface area contributed by atoms with Gasteiger partial charge in [-0.15, -0.1) is 0 Å². The van der Waals surface area contributed by atoms with Crippen LogP contribution in [0.2, 0.25) is 0 Å². The van der Waals surface area contributed by atoms with E-state index in [9.17, 15) is 14.9 Å². The lowest BCUT2D eigenvalue weighted by Crippen LogP contribution is -2.12. The number of aromatic nitrogens is 1. The maximum absolute atomic E-state index is 11.0. The molecule has 0 saturated heterocycles. The highest BCUT2D eigenvalue weighted by Crippen LogP contribution is 2.36. The Hall–Kier alpha value is -3.94. The van der Waals surface area contributed by atoms with Crippen LogP contribution in [0.15, 0.2) is 59.2 Å². The molecular weight excluding hydrogens is 400 g/mol. The molecule has 0 saturated carbocycles. The van der Waals surface area contributed by atoms with Crippen molar-refractivity contribution in [1.82, 2.24) is 4.98 Å². The highest BCUT2D eigenvalue weighted by Gasteiger charge is 2.19. The first kappa shape index (κ1) is 20.3. The van der Waals surface area contributed by atoms with E-state index >= 15 is 0 Å². The van der Waals surface area contributed by atoms with Crippen molar-refractivity contribution in [2.24, 2.45) is 0 Å². The third-order valence-electron chi connectivity index (χ3n) is 5.12. The minimum Gasteiger partial charge on any atom is -0.482 e. The number of non-ortho nitro benzene ring substituents is 1. The van der Waals surface area contributed by atoms with Crippen LogP contribution in [0.1, 0.15) is 29.7 Å². The third kappa shape index (κ3) is 4.63. The van der Waals surface area contributed by atoms with E-state index in [1.807, 2.05) is 12.1 Å². The highest BCUT2D eigenvalue weighted by atomic mass is 16.6. The highest BCUT2D eigenvalue weighted by molar-refractivity contribution is 5.73. The molecule has 3 aromatic rings. The third-order valence-corrected chi connectivity index (χ3v) is 5.12. The zero-order valence-corrected chi connectivity index (χ0v) is 16.6. The number of allylic oxidation sites excluding steroid dienone is 2. The maximum atomic E-state index is 11.0. The standard InChI is InChI=1S/C23H20N2O6/c26-22(27)14-30-21-9-3-7-19-15(4-2-8-20(19)21)10-11-17-13-31-23(24-17)16-5-1-6-18(12-16)25(28)29/h1,3,5-7,9-10,12-13H,2,4,8,11,14H2,(H,26,27). The summed E-state index contributed by atoms with van der Waals surface area (Å²) in [4.78, 5) is 25.8. The summed E-state index contributed by atoms with van der Waals surface area (Å²) in [5.74, 6) is -0.0554. The van der Waals surface area contributed by atoms with Crippen molar-refractivity contribution in [3.8, 4) is 17.2 Å². The SMILES string of the molecule is O=C(O)COc1cccc2c1CCCC2=CCc1coc(-c2cccc([N+](=O)[O-])c2)n1. The van der Waals surface area contributed by atoms with Crippen molar-refractivity contribution in [3.05, 3.63) is 81.7 Å². The van der Waals surface area contributed by atoms with E-state index in [1.165, 1.54) is 12.1 Å². The van der Waals surface area contributed by atoms with Crippen LogP contribution >= 0.6 is 0 Å².